The summed E-state index contributed by atoms with van der Waals surface area (Å²) in [5.74, 6) is -0.0587. The van der Waals surface area contributed by atoms with E-state index in [0.29, 0.717) is 37.6 Å². The van der Waals surface area contributed by atoms with E-state index in [2.05, 4.69) is 20.0 Å². The number of hydrogen-bond acceptors (Lipinski definition) is 9. The minimum absolute atomic E-state index is 0.0718. The van der Waals surface area contributed by atoms with E-state index in [1.165, 1.54) is 37.6 Å². The van der Waals surface area contributed by atoms with Gasteiger partial charge in [-0.05, 0) is 50.2 Å². The zero-order chi connectivity index (χ0) is 27.1. The number of pyridine rings is 2. The lowest BCUT2D eigenvalue weighted by Crippen LogP contribution is -2.40. The third-order valence-electron chi connectivity index (χ3n) is 5.45. The van der Waals surface area contributed by atoms with Gasteiger partial charge in [0.2, 0.25) is 11.8 Å². The Kier molecular flexibility index (Phi) is 8.49. The summed E-state index contributed by atoms with van der Waals surface area (Å²) in [5.41, 5.74) is 1.02. The van der Waals surface area contributed by atoms with Gasteiger partial charge in [-0.25, -0.2) is 9.78 Å². The summed E-state index contributed by atoms with van der Waals surface area (Å²) in [7, 11) is 1.28. The summed E-state index contributed by atoms with van der Waals surface area (Å²) >= 11 is 0. The molecule has 2 amide bonds. The Morgan fingerprint density at radius 1 is 0.947 bits per heavy atom. The molecule has 1 aromatic carbocycles. The minimum atomic E-state index is -0.528. The smallest absolute Gasteiger partial charge is 0.339 e. The van der Waals surface area contributed by atoms with Crippen LogP contribution in [0.5, 0.6) is 17.5 Å². The normalized spacial score (nSPS) is 13.1. The Morgan fingerprint density at radius 3 is 2.26 bits per heavy atom. The molecule has 0 unspecified atom stereocenters. The number of methoxy groups -OCH3 is 1. The third kappa shape index (κ3) is 6.83. The van der Waals surface area contributed by atoms with Gasteiger partial charge in [0.05, 0.1) is 37.6 Å². The number of hydrogen-bond donors (Lipinski definition) is 1. The summed E-state index contributed by atoms with van der Waals surface area (Å²) in [4.78, 5) is 47.4. The van der Waals surface area contributed by atoms with Crippen molar-refractivity contribution in [2.45, 2.75) is 20.0 Å². The van der Waals surface area contributed by atoms with Crippen molar-refractivity contribution in [1.29, 1.82) is 0 Å². The first-order valence-electron chi connectivity index (χ1n) is 12.0. The monoisotopic (exact) mass is 520 g/mol. The van der Waals surface area contributed by atoms with E-state index >= 15 is 0 Å². The fourth-order valence-corrected chi connectivity index (χ4v) is 3.60. The lowest BCUT2D eigenvalue weighted by molar-refractivity contribution is 0.0303. The van der Waals surface area contributed by atoms with Crippen molar-refractivity contribution >= 4 is 23.6 Å². The predicted octanol–water partition coefficient (Wildman–Crippen LogP) is 3.57. The highest BCUT2D eigenvalue weighted by Crippen LogP contribution is 2.26. The number of rotatable bonds is 8. The summed E-state index contributed by atoms with van der Waals surface area (Å²) in [6.07, 6.45) is 1.12. The van der Waals surface area contributed by atoms with E-state index in [9.17, 15) is 14.4 Å². The number of esters is 1. The van der Waals surface area contributed by atoms with Crippen LogP contribution in [0.4, 0.5) is 5.82 Å². The van der Waals surface area contributed by atoms with Gasteiger partial charge >= 0.3 is 5.97 Å². The van der Waals surface area contributed by atoms with Gasteiger partial charge in [-0.15, -0.1) is 0 Å². The molecule has 11 heteroatoms. The van der Waals surface area contributed by atoms with Crippen LogP contribution < -0.4 is 14.8 Å². The van der Waals surface area contributed by atoms with Crippen molar-refractivity contribution in [3.05, 3.63) is 71.4 Å². The highest BCUT2D eigenvalue weighted by molar-refractivity contribution is 6.04. The van der Waals surface area contributed by atoms with Gasteiger partial charge in [-0.3, -0.25) is 9.59 Å². The van der Waals surface area contributed by atoms with E-state index in [0.717, 1.165) is 0 Å². The number of ether oxygens (including phenoxy) is 4. The average Bonchev–Trinajstić information content (AvgIpc) is 2.93. The van der Waals surface area contributed by atoms with Crippen molar-refractivity contribution in [2.24, 2.45) is 0 Å². The molecule has 2 aromatic heterocycles. The molecule has 1 saturated heterocycles. The Balaban J connectivity index is 1.50. The van der Waals surface area contributed by atoms with Crippen molar-refractivity contribution < 1.29 is 33.3 Å². The fourth-order valence-electron chi connectivity index (χ4n) is 3.60. The number of nitrogens with one attached hydrogen (secondary N) is 1. The van der Waals surface area contributed by atoms with Gasteiger partial charge < -0.3 is 29.2 Å². The molecule has 0 saturated carbocycles. The molecule has 3 heterocycles. The molecule has 11 nitrogen and oxygen atoms in total. The molecule has 1 aliphatic rings. The number of morpholine rings is 1. The maximum atomic E-state index is 13.0. The maximum absolute atomic E-state index is 13.0. The highest BCUT2D eigenvalue weighted by Gasteiger charge is 2.19. The average molecular weight is 521 g/mol. The lowest BCUT2D eigenvalue weighted by atomic mass is 10.2. The van der Waals surface area contributed by atoms with Crippen LogP contribution in [0.3, 0.4) is 0 Å². The van der Waals surface area contributed by atoms with E-state index in [1.807, 2.05) is 13.8 Å². The number of amides is 2. The van der Waals surface area contributed by atoms with Crippen LogP contribution in [0.15, 0.2) is 54.7 Å². The molecule has 38 heavy (non-hydrogen) atoms. The molecular formula is C27H28N4O7. The zero-order valence-electron chi connectivity index (χ0n) is 21.3. The summed E-state index contributed by atoms with van der Waals surface area (Å²) in [6.45, 7) is 5.84. The SMILES string of the molecule is COC(=O)c1ccc(NC(=O)c2cc(Oc3ccc(C(=O)N4CCOCC4)cc3)nc(OC(C)C)c2)nc1. The predicted molar refractivity (Wildman–Crippen MR) is 137 cm³/mol. The first-order chi connectivity index (χ1) is 18.3. The number of nitrogens with zero attached hydrogens (tertiary/aromatic N) is 3. The Labute approximate surface area is 219 Å². The van der Waals surface area contributed by atoms with Gasteiger partial charge in [0.25, 0.3) is 11.8 Å². The van der Waals surface area contributed by atoms with Gasteiger partial charge in [-0.2, -0.15) is 4.98 Å². The van der Waals surface area contributed by atoms with E-state index < -0.39 is 11.9 Å². The highest BCUT2D eigenvalue weighted by atomic mass is 16.5. The molecule has 1 N–H and O–H groups in total. The molecule has 0 radical (unpaired) electrons. The van der Waals surface area contributed by atoms with Gasteiger partial charge in [0.15, 0.2) is 0 Å². The summed E-state index contributed by atoms with van der Waals surface area (Å²) in [6, 6.07) is 12.6. The Bertz CT molecular complexity index is 1290. The van der Waals surface area contributed by atoms with E-state index in [-0.39, 0.29) is 40.7 Å². The number of aromatic nitrogens is 2. The quantitative estimate of drug-likeness (QED) is 0.443. The Morgan fingerprint density at radius 2 is 1.63 bits per heavy atom. The van der Waals surface area contributed by atoms with Gasteiger partial charge in [0.1, 0.15) is 11.6 Å². The summed E-state index contributed by atoms with van der Waals surface area (Å²) < 4.78 is 21.6. The number of carbonyl (C=O) groups is 3. The molecule has 0 bridgehead atoms. The molecule has 4 rings (SSSR count). The molecule has 1 aliphatic heterocycles. The van der Waals surface area contributed by atoms with Crippen LogP contribution in [0, 0.1) is 0 Å². The second-order valence-electron chi connectivity index (χ2n) is 8.61. The number of anilines is 1. The molecule has 198 valence electrons. The van der Waals surface area contributed by atoms with Crippen LogP contribution >= 0.6 is 0 Å². The van der Waals surface area contributed by atoms with Crippen molar-refractivity contribution in [3.8, 4) is 17.5 Å². The van der Waals surface area contributed by atoms with Gasteiger partial charge in [-0.1, -0.05) is 0 Å². The maximum Gasteiger partial charge on any atom is 0.339 e. The largest absolute Gasteiger partial charge is 0.475 e. The molecule has 0 atom stereocenters. The van der Waals surface area contributed by atoms with Crippen molar-refractivity contribution in [2.75, 3.05) is 38.7 Å². The van der Waals surface area contributed by atoms with Crippen LogP contribution in [0.2, 0.25) is 0 Å². The van der Waals surface area contributed by atoms with Crippen LogP contribution in [0.25, 0.3) is 0 Å². The standard InChI is InChI=1S/C27H28N4O7/c1-17(2)37-23-14-20(25(32)29-22-9-6-19(16-28-22)27(34)35-3)15-24(30-23)38-21-7-4-18(5-8-21)26(33)31-10-12-36-13-11-31/h4-9,14-17H,10-13H2,1-3H3,(H,28,29,32). The third-order valence-corrected chi connectivity index (χ3v) is 5.45. The second kappa shape index (κ2) is 12.2. The molecule has 0 spiro atoms. The van der Waals surface area contributed by atoms with Crippen LogP contribution in [-0.4, -0.2) is 72.2 Å². The second-order valence-corrected chi connectivity index (χ2v) is 8.61. The van der Waals surface area contributed by atoms with E-state index in [4.69, 9.17) is 14.2 Å². The minimum Gasteiger partial charge on any atom is -0.475 e. The molecule has 3 aromatic rings. The fraction of sp³-hybridized carbons (Fsp3) is 0.296. The summed E-state index contributed by atoms with van der Waals surface area (Å²) in [5, 5.41) is 2.67. The molecule has 1 fully saturated rings. The molecular weight excluding hydrogens is 492 g/mol. The van der Waals surface area contributed by atoms with Crippen molar-refractivity contribution in [3.63, 3.8) is 0 Å². The first-order valence-corrected chi connectivity index (χ1v) is 12.0. The Hall–Kier alpha value is -4.51. The van der Waals surface area contributed by atoms with Crippen LogP contribution in [-0.2, 0) is 9.47 Å². The topological polar surface area (TPSA) is 129 Å². The molecule has 0 aliphatic carbocycles. The van der Waals surface area contributed by atoms with E-state index in [1.54, 1.807) is 29.2 Å². The van der Waals surface area contributed by atoms with Crippen molar-refractivity contribution in [1.82, 2.24) is 14.9 Å². The zero-order valence-corrected chi connectivity index (χ0v) is 21.3. The number of benzene rings is 1. The van der Waals surface area contributed by atoms with Crippen LogP contribution in [0.1, 0.15) is 44.9 Å². The lowest BCUT2D eigenvalue weighted by Gasteiger charge is -2.26. The number of carbonyl (C=O) groups excluding carboxylic acids is 3. The van der Waals surface area contributed by atoms with Gasteiger partial charge in [0, 0.05) is 37.0 Å². The first kappa shape index (κ1) is 26.6.